The van der Waals surface area contributed by atoms with Crippen LogP contribution in [0.5, 0.6) is 5.75 Å². The molecule has 2 aromatic carbocycles. The van der Waals surface area contributed by atoms with Crippen LogP contribution in [-0.2, 0) is 13.2 Å². The fourth-order valence-corrected chi connectivity index (χ4v) is 2.42. The Kier molecular flexibility index (Phi) is 5.82. The molecule has 1 N–H and O–H groups in total. The zero-order valence-electron chi connectivity index (χ0n) is 13.3. The molecule has 2 aromatic rings. The van der Waals surface area contributed by atoms with E-state index in [4.69, 9.17) is 4.74 Å². The van der Waals surface area contributed by atoms with Crippen LogP contribution in [-0.4, -0.2) is 6.54 Å². The second kappa shape index (κ2) is 7.84. The van der Waals surface area contributed by atoms with Gasteiger partial charge in [0.2, 0.25) is 0 Å². The lowest BCUT2D eigenvalue weighted by atomic mass is 10.1. The van der Waals surface area contributed by atoms with Crippen molar-refractivity contribution in [2.45, 2.75) is 40.3 Å². The molecule has 21 heavy (non-hydrogen) atoms. The van der Waals surface area contributed by atoms with Crippen LogP contribution in [0.4, 0.5) is 0 Å². The van der Waals surface area contributed by atoms with Gasteiger partial charge in [-0.3, -0.25) is 0 Å². The molecule has 0 saturated carbocycles. The lowest BCUT2D eigenvalue weighted by Gasteiger charge is -2.10. The Hall–Kier alpha value is -1.80. The van der Waals surface area contributed by atoms with Crippen molar-refractivity contribution in [2.75, 3.05) is 6.54 Å². The minimum absolute atomic E-state index is 0.616. The summed E-state index contributed by atoms with van der Waals surface area (Å²) in [4.78, 5) is 0. The van der Waals surface area contributed by atoms with Crippen molar-refractivity contribution >= 4 is 0 Å². The summed E-state index contributed by atoms with van der Waals surface area (Å²) in [5, 5.41) is 3.43. The Morgan fingerprint density at radius 3 is 2.38 bits per heavy atom. The summed E-state index contributed by atoms with van der Waals surface area (Å²) in [5.74, 6) is 0.946. The van der Waals surface area contributed by atoms with E-state index in [1.165, 1.54) is 22.3 Å². The SMILES string of the molecule is CCCNCc1cccc(COc2cc(C)cc(C)c2)c1. The lowest BCUT2D eigenvalue weighted by Crippen LogP contribution is -2.13. The van der Waals surface area contributed by atoms with Crippen LogP contribution in [0.1, 0.15) is 35.6 Å². The Bertz CT molecular complexity index is 557. The van der Waals surface area contributed by atoms with Crippen molar-refractivity contribution in [1.82, 2.24) is 5.32 Å². The van der Waals surface area contributed by atoms with Gasteiger partial charge >= 0.3 is 0 Å². The third-order valence-electron chi connectivity index (χ3n) is 3.35. The summed E-state index contributed by atoms with van der Waals surface area (Å²) < 4.78 is 5.91. The largest absolute Gasteiger partial charge is 0.489 e. The summed E-state index contributed by atoms with van der Waals surface area (Å²) in [7, 11) is 0. The molecule has 2 nitrogen and oxygen atoms in total. The Labute approximate surface area is 128 Å². The highest BCUT2D eigenvalue weighted by atomic mass is 16.5. The van der Waals surface area contributed by atoms with E-state index in [0.717, 1.165) is 25.3 Å². The molecule has 0 atom stereocenters. The third-order valence-corrected chi connectivity index (χ3v) is 3.35. The molecule has 2 rings (SSSR count). The van der Waals surface area contributed by atoms with Gasteiger partial charge in [0, 0.05) is 6.54 Å². The molecule has 0 radical (unpaired) electrons. The highest BCUT2D eigenvalue weighted by Crippen LogP contribution is 2.18. The number of hydrogen-bond donors (Lipinski definition) is 1. The van der Waals surface area contributed by atoms with Gasteiger partial charge in [0.25, 0.3) is 0 Å². The van der Waals surface area contributed by atoms with Crippen molar-refractivity contribution in [2.24, 2.45) is 0 Å². The number of rotatable bonds is 7. The lowest BCUT2D eigenvalue weighted by molar-refractivity contribution is 0.305. The molecule has 0 aliphatic heterocycles. The normalized spacial score (nSPS) is 10.6. The van der Waals surface area contributed by atoms with Crippen LogP contribution in [0.15, 0.2) is 42.5 Å². The standard InChI is InChI=1S/C19H25NO/c1-4-8-20-13-17-6-5-7-18(12-17)14-21-19-10-15(2)9-16(3)11-19/h5-7,9-12,20H,4,8,13-14H2,1-3H3. The van der Waals surface area contributed by atoms with E-state index in [-0.39, 0.29) is 0 Å². The molecule has 112 valence electrons. The molecule has 0 heterocycles. The number of benzene rings is 2. The van der Waals surface area contributed by atoms with Crippen molar-refractivity contribution in [1.29, 1.82) is 0 Å². The zero-order chi connectivity index (χ0) is 15.1. The van der Waals surface area contributed by atoms with Gasteiger partial charge in [-0.15, -0.1) is 0 Å². The van der Waals surface area contributed by atoms with Crippen LogP contribution in [0, 0.1) is 13.8 Å². The Morgan fingerprint density at radius 2 is 1.67 bits per heavy atom. The van der Waals surface area contributed by atoms with Crippen molar-refractivity contribution in [3.05, 3.63) is 64.7 Å². The molecular formula is C19H25NO. The third kappa shape index (κ3) is 5.24. The molecular weight excluding hydrogens is 258 g/mol. The van der Waals surface area contributed by atoms with Gasteiger partial charge < -0.3 is 10.1 Å². The molecule has 0 amide bonds. The number of hydrogen-bond acceptors (Lipinski definition) is 2. The maximum Gasteiger partial charge on any atom is 0.120 e. The van der Waals surface area contributed by atoms with Gasteiger partial charge in [-0.05, 0) is 61.2 Å². The number of nitrogens with one attached hydrogen (secondary N) is 1. The minimum atomic E-state index is 0.616. The van der Waals surface area contributed by atoms with Crippen LogP contribution in [0.25, 0.3) is 0 Å². The maximum absolute atomic E-state index is 5.91. The van der Waals surface area contributed by atoms with E-state index in [1.807, 2.05) is 0 Å². The van der Waals surface area contributed by atoms with Gasteiger partial charge in [-0.25, -0.2) is 0 Å². The second-order valence-electron chi connectivity index (χ2n) is 5.61. The molecule has 0 aliphatic rings. The highest BCUT2D eigenvalue weighted by molar-refractivity contribution is 5.33. The molecule has 0 aromatic heterocycles. The quantitative estimate of drug-likeness (QED) is 0.761. The molecule has 0 saturated heterocycles. The first-order chi connectivity index (χ1) is 10.2. The van der Waals surface area contributed by atoms with Gasteiger partial charge in [0.05, 0.1) is 0 Å². The average Bonchev–Trinajstić information content (AvgIpc) is 2.45. The van der Waals surface area contributed by atoms with E-state index in [2.05, 4.69) is 68.6 Å². The summed E-state index contributed by atoms with van der Waals surface area (Å²) in [6.07, 6.45) is 1.16. The van der Waals surface area contributed by atoms with E-state index in [1.54, 1.807) is 0 Å². The van der Waals surface area contributed by atoms with E-state index < -0.39 is 0 Å². The fourth-order valence-electron chi connectivity index (χ4n) is 2.42. The van der Waals surface area contributed by atoms with E-state index >= 15 is 0 Å². The van der Waals surface area contributed by atoms with Gasteiger partial charge in [0.15, 0.2) is 0 Å². The Morgan fingerprint density at radius 1 is 0.952 bits per heavy atom. The van der Waals surface area contributed by atoms with Crippen LogP contribution in [0.3, 0.4) is 0 Å². The number of aryl methyl sites for hydroxylation is 2. The van der Waals surface area contributed by atoms with Crippen molar-refractivity contribution < 1.29 is 4.74 Å². The van der Waals surface area contributed by atoms with Gasteiger partial charge in [-0.1, -0.05) is 37.3 Å². The first kappa shape index (κ1) is 15.6. The fraction of sp³-hybridized carbons (Fsp3) is 0.368. The van der Waals surface area contributed by atoms with Gasteiger partial charge in [-0.2, -0.15) is 0 Å². The molecule has 0 unspecified atom stereocenters. The predicted molar refractivity (Wildman–Crippen MR) is 88.7 cm³/mol. The molecule has 2 heteroatoms. The smallest absolute Gasteiger partial charge is 0.120 e. The first-order valence-electron chi connectivity index (χ1n) is 7.67. The average molecular weight is 283 g/mol. The monoisotopic (exact) mass is 283 g/mol. The van der Waals surface area contributed by atoms with Crippen LogP contribution < -0.4 is 10.1 Å². The highest BCUT2D eigenvalue weighted by Gasteiger charge is 2.00. The topological polar surface area (TPSA) is 21.3 Å². The maximum atomic E-state index is 5.91. The van der Waals surface area contributed by atoms with Crippen molar-refractivity contribution in [3.8, 4) is 5.75 Å². The van der Waals surface area contributed by atoms with E-state index in [9.17, 15) is 0 Å². The molecule has 0 fully saturated rings. The summed E-state index contributed by atoms with van der Waals surface area (Å²) in [6.45, 7) is 8.97. The summed E-state index contributed by atoms with van der Waals surface area (Å²) in [6, 6.07) is 14.9. The van der Waals surface area contributed by atoms with Crippen molar-refractivity contribution in [3.63, 3.8) is 0 Å². The zero-order valence-corrected chi connectivity index (χ0v) is 13.3. The molecule has 0 bridgehead atoms. The second-order valence-corrected chi connectivity index (χ2v) is 5.61. The van der Waals surface area contributed by atoms with Crippen LogP contribution >= 0.6 is 0 Å². The molecule has 0 spiro atoms. The predicted octanol–water partition coefficient (Wildman–Crippen LogP) is 4.38. The van der Waals surface area contributed by atoms with Gasteiger partial charge in [0.1, 0.15) is 12.4 Å². The summed E-state index contributed by atoms with van der Waals surface area (Å²) in [5.41, 5.74) is 5.00. The Balaban J connectivity index is 1.94. The molecule has 0 aliphatic carbocycles. The first-order valence-corrected chi connectivity index (χ1v) is 7.67. The summed E-state index contributed by atoms with van der Waals surface area (Å²) >= 11 is 0. The van der Waals surface area contributed by atoms with E-state index in [0.29, 0.717) is 6.61 Å². The number of ether oxygens (including phenoxy) is 1. The minimum Gasteiger partial charge on any atom is -0.489 e. The van der Waals surface area contributed by atoms with Crippen LogP contribution in [0.2, 0.25) is 0 Å².